The monoisotopic (exact) mass is 555 g/mol. The Bertz CT molecular complexity index is 933. The van der Waals surface area contributed by atoms with Crippen molar-refractivity contribution in [1.29, 1.82) is 0 Å². The van der Waals surface area contributed by atoms with E-state index in [0.717, 1.165) is 12.0 Å². The fraction of sp³-hybridized carbons (Fsp3) is 0.586. The minimum atomic E-state index is -4.41. The third-order valence-electron chi connectivity index (χ3n) is 6.68. The zero-order valence-corrected chi connectivity index (χ0v) is 24.5. The van der Waals surface area contributed by atoms with Crippen molar-refractivity contribution >= 4 is 23.6 Å². The lowest BCUT2D eigenvalue weighted by molar-refractivity contribution is -0.125. The van der Waals surface area contributed by atoms with Gasteiger partial charge in [0.1, 0.15) is 0 Å². The van der Waals surface area contributed by atoms with Crippen LogP contribution in [0.5, 0.6) is 0 Å². The van der Waals surface area contributed by atoms with Crippen molar-refractivity contribution in [2.45, 2.75) is 71.5 Å². The molecule has 1 rings (SSSR count). The molecule has 0 fully saturated rings. The highest BCUT2D eigenvalue weighted by atomic mass is 32.2. The highest BCUT2D eigenvalue weighted by Crippen LogP contribution is 2.30. The number of hydrogen-bond acceptors (Lipinski definition) is 4. The molecule has 0 saturated heterocycles. The third kappa shape index (κ3) is 11.5. The highest BCUT2D eigenvalue weighted by molar-refractivity contribution is 8.00. The number of benzene rings is 1. The molecular weight excluding hydrogens is 511 g/mol. The molecule has 0 radical (unpaired) electrons. The van der Waals surface area contributed by atoms with Gasteiger partial charge in [0.2, 0.25) is 11.8 Å². The summed E-state index contributed by atoms with van der Waals surface area (Å²) in [4.78, 5) is 28.0. The van der Waals surface area contributed by atoms with Gasteiger partial charge in [0.25, 0.3) is 0 Å². The molecule has 0 aliphatic rings. The molecule has 4 atom stereocenters. The lowest BCUT2D eigenvalue weighted by atomic mass is 9.85. The van der Waals surface area contributed by atoms with E-state index in [1.54, 1.807) is 24.8 Å². The molecule has 2 N–H and O–H groups in total. The first kappa shape index (κ1) is 33.6. The first-order valence-corrected chi connectivity index (χ1v) is 14.1. The molecule has 3 unspecified atom stereocenters. The molecule has 214 valence electrons. The predicted octanol–water partition coefficient (Wildman–Crippen LogP) is 6.70. The van der Waals surface area contributed by atoms with E-state index in [1.807, 2.05) is 44.4 Å². The summed E-state index contributed by atoms with van der Waals surface area (Å²) in [6.45, 7) is 13.8. The second kappa shape index (κ2) is 15.9. The number of nitrogens with zero attached hydrogens (tertiary/aromatic N) is 1. The summed E-state index contributed by atoms with van der Waals surface area (Å²) in [5, 5.41) is 4.78. The Morgan fingerprint density at radius 3 is 2.18 bits per heavy atom. The van der Waals surface area contributed by atoms with Crippen LogP contribution in [-0.2, 0) is 9.59 Å². The summed E-state index contributed by atoms with van der Waals surface area (Å²) in [6.07, 6.45) is -1.39. The second-order valence-corrected chi connectivity index (χ2v) is 11.3. The van der Waals surface area contributed by atoms with Crippen LogP contribution in [0.15, 0.2) is 54.3 Å². The van der Waals surface area contributed by atoms with E-state index in [4.69, 9.17) is 0 Å². The van der Waals surface area contributed by atoms with Gasteiger partial charge in [-0.25, -0.2) is 0 Å². The quantitative estimate of drug-likeness (QED) is 0.187. The zero-order valence-electron chi connectivity index (χ0n) is 23.7. The fourth-order valence-corrected chi connectivity index (χ4v) is 5.16. The van der Waals surface area contributed by atoms with E-state index in [-0.39, 0.29) is 24.2 Å². The number of thioether (sulfide) groups is 1. The Hall–Kier alpha value is -2.42. The number of carbonyl (C=O) groups is 2. The summed E-state index contributed by atoms with van der Waals surface area (Å²) in [6, 6.07) is 8.83. The van der Waals surface area contributed by atoms with Crippen LogP contribution in [0.3, 0.4) is 0 Å². The van der Waals surface area contributed by atoms with Crippen molar-refractivity contribution < 1.29 is 22.8 Å². The molecule has 0 aromatic heterocycles. The minimum absolute atomic E-state index is 0.158. The van der Waals surface area contributed by atoms with Crippen LogP contribution in [0.1, 0.15) is 65.5 Å². The number of carbonyl (C=O) groups excluding carboxylic acids is 2. The van der Waals surface area contributed by atoms with E-state index in [1.165, 1.54) is 0 Å². The molecule has 5 nitrogen and oxygen atoms in total. The Kier molecular flexibility index (Phi) is 14.0. The van der Waals surface area contributed by atoms with Crippen LogP contribution in [0.2, 0.25) is 0 Å². The van der Waals surface area contributed by atoms with Crippen molar-refractivity contribution in [3.8, 4) is 0 Å². The van der Waals surface area contributed by atoms with Gasteiger partial charge >= 0.3 is 6.18 Å². The van der Waals surface area contributed by atoms with Crippen LogP contribution in [0.4, 0.5) is 13.2 Å². The number of allylic oxidation sites excluding steroid dienone is 1. The summed E-state index contributed by atoms with van der Waals surface area (Å²) < 4.78 is 39.4. The number of rotatable bonds is 15. The number of alkyl halides is 3. The van der Waals surface area contributed by atoms with Gasteiger partial charge in [-0.2, -0.15) is 13.2 Å². The Labute approximate surface area is 230 Å². The molecule has 38 heavy (non-hydrogen) atoms. The zero-order chi connectivity index (χ0) is 29.0. The van der Waals surface area contributed by atoms with Gasteiger partial charge in [-0.3, -0.25) is 9.59 Å². The van der Waals surface area contributed by atoms with Gasteiger partial charge in [-0.15, -0.1) is 11.8 Å². The van der Waals surface area contributed by atoms with E-state index < -0.39 is 23.3 Å². The smallest absolute Gasteiger partial charge is 0.379 e. The van der Waals surface area contributed by atoms with Crippen molar-refractivity contribution in [3.63, 3.8) is 0 Å². The maximum Gasteiger partial charge on any atom is 0.397 e. The van der Waals surface area contributed by atoms with Gasteiger partial charge in [-0.1, -0.05) is 77.1 Å². The molecule has 0 saturated carbocycles. The van der Waals surface area contributed by atoms with E-state index in [2.05, 4.69) is 38.0 Å². The molecule has 2 amide bonds. The summed E-state index contributed by atoms with van der Waals surface area (Å²) in [5.74, 6) is -1.46. The number of likely N-dealkylation sites (N-methyl/N-ethyl adjacent to an activating group) is 1. The molecule has 0 aliphatic heterocycles. The number of halogens is 3. The lowest BCUT2D eigenvalue weighted by Crippen LogP contribution is -2.40. The van der Waals surface area contributed by atoms with Gasteiger partial charge in [0.05, 0.1) is 23.6 Å². The molecule has 0 spiro atoms. The lowest BCUT2D eigenvalue weighted by Gasteiger charge is -2.28. The summed E-state index contributed by atoms with van der Waals surface area (Å²) >= 11 is 0.575. The SMILES string of the molecule is C=C(C(NC(=O)CC(=CC)C(NC(=O)C(C)C[C@H](CC)C(C)C)SCC(F)(F)F)c1ccccc1)N(C)C. The highest BCUT2D eigenvalue weighted by Gasteiger charge is 2.32. The van der Waals surface area contributed by atoms with Crippen LogP contribution in [-0.4, -0.2) is 48.1 Å². The van der Waals surface area contributed by atoms with Crippen molar-refractivity contribution in [1.82, 2.24) is 15.5 Å². The van der Waals surface area contributed by atoms with Crippen LogP contribution >= 0.6 is 11.8 Å². The van der Waals surface area contributed by atoms with Crippen LogP contribution in [0, 0.1) is 17.8 Å². The maximum absolute atomic E-state index is 13.2. The largest absolute Gasteiger partial charge is 0.397 e. The fourth-order valence-electron chi connectivity index (χ4n) is 4.17. The molecule has 0 aliphatic carbocycles. The van der Waals surface area contributed by atoms with Crippen LogP contribution < -0.4 is 10.6 Å². The molecular formula is C29H44F3N3O2S. The first-order valence-electron chi connectivity index (χ1n) is 13.0. The Balaban J connectivity index is 3.09. The molecule has 1 aromatic carbocycles. The van der Waals surface area contributed by atoms with E-state index in [0.29, 0.717) is 41.3 Å². The average Bonchev–Trinajstić information content (AvgIpc) is 2.85. The minimum Gasteiger partial charge on any atom is -0.379 e. The normalized spacial score (nSPS) is 15.4. The first-order chi connectivity index (χ1) is 17.7. The topological polar surface area (TPSA) is 61.4 Å². The van der Waals surface area contributed by atoms with Gasteiger partial charge in [-0.05, 0) is 36.3 Å². The maximum atomic E-state index is 13.2. The molecule has 9 heteroatoms. The molecule has 0 bridgehead atoms. The summed E-state index contributed by atoms with van der Waals surface area (Å²) in [7, 11) is 3.65. The molecule has 1 aromatic rings. The van der Waals surface area contributed by atoms with Crippen molar-refractivity contribution in [2.75, 3.05) is 19.8 Å². The Morgan fingerprint density at radius 1 is 1.11 bits per heavy atom. The third-order valence-corrected chi connectivity index (χ3v) is 7.92. The predicted molar refractivity (Wildman–Crippen MR) is 151 cm³/mol. The number of hydrogen-bond donors (Lipinski definition) is 2. The Morgan fingerprint density at radius 2 is 1.71 bits per heavy atom. The van der Waals surface area contributed by atoms with Gasteiger partial charge in [0.15, 0.2) is 0 Å². The second-order valence-electron chi connectivity index (χ2n) is 10.2. The standard InChI is InChI=1S/C29H44F3N3O2S/c1-9-22(19(3)4)16-20(5)27(37)34-28(38-18-29(30,31)32)23(10-2)17-25(36)33-26(21(6)35(7)8)24-14-12-11-13-15-24/h10-15,19-20,22,26,28H,6,9,16-18H2,1-5,7-8H3,(H,33,36)(H,34,37)/t20?,22-,26?,28?/m0/s1. The summed E-state index contributed by atoms with van der Waals surface area (Å²) in [5.41, 5.74) is 1.91. The van der Waals surface area contributed by atoms with Gasteiger partial charge in [0, 0.05) is 25.7 Å². The van der Waals surface area contributed by atoms with Gasteiger partial charge < -0.3 is 15.5 Å². The molecule has 0 heterocycles. The van der Waals surface area contributed by atoms with E-state index in [9.17, 15) is 22.8 Å². The van der Waals surface area contributed by atoms with Crippen molar-refractivity contribution in [3.05, 3.63) is 59.8 Å². The van der Waals surface area contributed by atoms with Crippen LogP contribution in [0.25, 0.3) is 0 Å². The van der Waals surface area contributed by atoms with E-state index >= 15 is 0 Å². The number of amides is 2. The average molecular weight is 556 g/mol. The number of nitrogens with one attached hydrogen (secondary N) is 2. The van der Waals surface area contributed by atoms with Crippen molar-refractivity contribution in [2.24, 2.45) is 17.8 Å².